The van der Waals surface area contributed by atoms with Crippen molar-refractivity contribution in [2.45, 2.75) is 58.5 Å². The minimum Gasteiger partial charge on any atom is -0.462 e. The quantitative estimate of drug-likeness (QED) is 0.485. The third-order valence-electron chi connectivity index (χ3n) is 2.53. The van der Waals surface area contributed by atoms with Crippen LogP contribution in [0.4, 0.5) is 0 Å². The fourth-order valence-electron chi connectivity index (χ4n) is 1.71. The number of unbranched alkanes of at least 4 members (excludes halogenated alkanes) is 1. The van der Waals surface area contributed by atoms with Crippen molar-refractivity contribution < 1.29 is 9.53 Å². The maximum absolute atomic E-state index is 10.8. The molecule has 1 atom stereocenters. The molecule has 0 bridgehead atoms. The summed E-state index contributed by atoms with van der Waals surface area (Å²) in [5.41, 5.74) is 0. The molecule has 1 saturated heterocycles. The molecule has 0 spiro atoms. The molecule has 0 unspecified atom stereocenters. The molecule has 0 aliphatic carbocycles. The van der Waals surface area contributed by atoms with Gasteiger partial charge >= 0.3 is 5.97 Å². The first kappa shape index (κ1) is 10.6. The molecule has 0 aromatic heterocycles. The highest BCUT2D eigenvalue weighted by atomic mass is 16.5. The first-order valence-electron chi connectivity index (χ1n) is 5.38. The lowest BCUT2D eigenvalue weighted by Gasteiger charge is -2.09. The lowest BCUT2D eigenvalue weighted by atomic mass is 10.0. The van der Waals surface area contributed by atoms with E-state index < -0.39 is 0 Å². The molecule has 0 aromatic carbocycles. The average molecular weight is 184 g/mol. The van der Waals surface area contributed by atoms with Crippen LogP contribution in [-0.4, -0.2) is 12.1 Å². The van der Waals surface area contributed by atoms with Crippen molar-refractivity contribution in [3.63, 3.8) is 0 Å². The van der Waals surface area contributed by atoms with Crippen LogP contribution in [0.2, 0.25) is 0 Å². The number of hydrogen-bond acceptors (Lipinski definition) is 2. The van der Waals surface area contributed by atoms with E-state index in [0.717, 1.165) is 18.8 Å². The Morgan fingerprint density at radius 3 is 2.77 bits per heavy atom. The van der Waals surface area contributed by atoms with Crippen molar-refractivity contribution in [3.8, 4) is 0 Å². The first-order chi connectivity index (χ1) is 6.18. The van der Waals surface area contributed by atoms with E-state index >= 15 is 0 Å². The number of esters is 1. The zero-order valence-electron chi connectivity index (χ0n) is 8.71. The Hall–Kier alpha value is -0.530. The minimum absolute atomic E-state index is 0.00569. The summed E-state index contributed by atoms with van der Waals surface area (Å²) in [6.45, 7) is 4.49. The maximum atomic E-state index is 10.8. The summed E-state index contributed by atoms with van der Waals surface area (Å²) < 4.78 is 5.13. The fraction of sp³-hybridized carbons (Fsp3) is 0.909. The van der Waals surface area contributed by atoms with Crippen LogP contribution in [0, 0.1) is 5.92 Å². The van der Waals surface area contributed by atoms with Gasteiger partial charge in [0.2, 0.25) is 0 Å². The Kier molecular flexibility index (Phi) is 4.26. The molecular formula is C11H20O2. The Balaban J connectivity index is 1.97. The molecule has 13 heavy (non-hydrogen) atoms. The van der Waals surface area contributed by atoms with Crippen LogP contribution >= 0.6 is 0 Å². The maximum Gasteiger partial charge on any atom is 0.306 e. The highest BCUT2D eigenvalue weighted by molar-refractivity contribution is 5.71. The fourth-order valence-corrected chi connectivity index (χ4v) is 1.71. The van der Waals surface area contributed by atoms with Gasteiger partial charge in [-0.25, -0.2) is 0 Å². The van der Waals surface area contributed by atoms with Gasteiger partial charge in [0.15, 0.2) is 0 Å². The number of rotatable bonds is 5. The Morgan fingerprint density at radius 2 is 2.23 bits per heavy atom. The molecule has 0 saturated carbocycles. The van der Waals surface area contributed by atoms with Crippen LogP contribution < -0.4 is 0 Å². The largest absolute Gasteiger partial charge is 0.462 e. The number of hydrogen-bond donors (Lipinski definition) is 0. The molecule has 1 heterocycles. The van der Waals surface area contributed by atoms with Gasteiger partial charge in [0.25, 0.3) is 0 Å². The number of cyclic esters (lactones) is 1. The lowest BCUT2D eigenvalue weighted by Crippen LogP contribution is -2.06. The molecule has 0 N–H and O–H groups in total. The van der Waals surface area contributed by atoms with Gasteiger partial charge in [0, 0.05) is 6.42 Å². The van der Waals surface area contributed by atoms with Crippen LogP contribution in [0.5, 0.6) is 0 Å². The van der Waals surface area contributed by atoms with E-state index in [1.807, 2.05) is 0 Å². The second-order valence-electron chi connectivity index (χ2n) is 4.33. The second-order valence-corrected chi connectivity index (χ2v) is 4.33. The van der Waals surface area contributed by atoms with Gasteiger partial charge in [-0.1, -0.05) is 26.7 Å². The number of carbonyl (C=O) groups is 1. The van der Waals surface area contributed by atoms with Crippen molar-refractivity contribution in [2.75, 3.05) is 0 Å². The predicted octanol–water partition coefficient (Wildman–Crippen LogP) is 2.91. The zero-order valence-corrected chi connectivity index (χ0v) is 8.71. The van der Waals surface area contributed by atoms with E-state index in [1.54, 1.807) is 0 Å². The summed E-state index contributed by atoms with van der Waals surface area (Å²) in [7, 11) is 0. The molecule has 2 heteroatoms. The molecule has 1 aliphatic heterocycles. The standard InChI is InChI=1S/C11H20O2/c1-9(2)5-3-4-6-10-7-8-11(12)13-10/h9-10H,3-8H2,1-2H3/t10-/m1/s1. The highest BCUT2D eigenvalue weighted by Crippen LogP contribution is 2.20. The molecule has 76 valence electrons. The summed E-state index contributed by atoms with van der Waals surface area (Å²) in [5.74, 6) is 0.792. The molecule has 0 aromatic rings. The third kappa shape index (κ3) is 4.30. The smallest absolute Gasteiger partial charge is 0.306 e. The lowest BCUT2D eigenvalue weighted by molar-refractivity contribution is -0.141. The SMILES string of the molecule is CC(C)CCCC[C@@H]1CCC(=O)O1. The first-order valence-corrected chi connectivity index (χ1v) is 5.38. The molecule has 0 radical (unpaired) electrons. The van der Waals surface area contributed by atoms with E-state index in [4.69, 9.17) is 4.74 Å². The highest BCUT2D eigenvalue weighted by Gasteiger charge is 2.22. The predicted molar refractivity (Wildman–Crippen MR) is 52.4 cm³/mol. The summed E-state index contributed by atoms with van der Waals surface area (Å²) in [6, 6.07) is 0. The van der Waals surface area contributed by atoms with Crippen LogP contribution in [-0.2, 0) is 9.53 Å². The minimum atomic E-state index is -0.00569. The zero-order chi connectivity index (χ0) is 9.68. The molecule has 1 rings (SSSR count). The summed E-state index contributed by atoms with van der Waals surface area (Å²) >= 11 is 0. The Morgan fingerprint density at radius 1 is 1.46 bits per heavy atom. The normalized spacial score (nSPS) is 22.4. The van der Waals surface area contributed by atoms with E-state index in [2.05, 4.69) is 13.8 Å². The van der Waals surface area contributed by atoms with Crippen LogP contribution in [0.25, 0.3) is 0 Å². The van der Waals surface area contributed by atoms with Gasteiger partial charge in [-0.3, -0.25) is 4.79 Å². The van der Waals surface area contributed by atoms with Gasteiger partial charge in [0.1, 0.15) is 6.10 Å². The van der Waals surface area contributed by atoms with Crippen molar-refractivity contribution in [3.05, 3.63) is 0 Å². The monoisotopic (exact) mass is 184 g/mol. The van der Waals surface area contributed by atoms with Crippen LogP contribution in [0.15, 0.2) is 0 Å². The van der Waals surface area contributed by atoms with Crippen molar-refractivity contribution in [2.24, 2.45) is 5.92 Å². The van der Waals surface area contributed by atoms with E-state index in [1.165, 1.54) is 19.3 Å². The molecular weight excluding hydrogens is 164 g/mol. The molecule has 0 amide bonds. The molecule has 2 nitrogen and oxygen atoms in total. The topological polar surface area (TPSA) is 26.3 Å². The second kappa shape index (κ2) is 5.25. The third-order valence-corrected chi connectivity index (χ3v) is 2.53. The number of carbonyl (C=O) groups excluding carboxylic acids is 1. The molecule has 1 fully saturated rings. The Labute approximate surface area is 80.7 Å². The Bertz CT molecular complexity index is 163. The average Bonchev–Trinajstić information content (AvgIpc) is 2.45. The van der Waals surface area contributed by atoms with E-state index in [-0.39, 0.29) is 12.1 Å². The van der Waals surface area contributed by atoms with E-state index in [9.17, 15) is 4.79 Å². The number of ether oxygens (including phenoxy) is 1. The summed E-state index contributed by atoms with van der Waals surface area (Å²) in [5, 5.41) is 0. The van der Waals surface area contributed by atoms with E-state index in [0.29, 0.717) is 6.42 Å². The van der Waals surface area contributed by atoms with Gasteiger partial charge < -0.3 is 4.74 Å². The van der Waals surface area contributed by atoms with Gasteiger partial charge in [-0.15, -0.1) is 0 Å². The van der Waals surface area contributed by atoms with Gasteiger partial charge in [0.05, 0.1) is 0 Å². The van der Waals surface area contributed by atoms with Crippen LogP contribution in [0.3, 0.4) is 0 Å². The van der Waals surface area contributed by atoms with Crippen molar-refractivity contribution >= 4 is 5.97 Å². The molecule has 1 aliphatic rings. The van der Waals surface area contributed by atoms with Gasteiger partial charge in [-0.2, -0.15) is 0 Å². The van der Waals surface area contributed by atoms with Crippen molar-refractivity contribution in [1.82, 2.24) is 0 Å². The summed E-state index contributed by atoms with van der Waals surface area (Å²) in [4.78, 5) is 10.8. The van der Waals surface area contributed by atoms with Gasteiger partial charge in [-0.05, 0) is 25.2 Å². The summed E-state index contributed by atoms with van der Waals surface area (Å²) in [6.07, 6.45) is 6.65. The van der Waals surface area contributed by atoms with Crippen molar-refractivity contribution in [1.29, 1.82) is 0 Å². The van der Waals surface area contributed by atoms with Crippen LogP contribution in [0.1, 0.15) is 52.4 Å².